The Bertz CT molecular complexity index is 592. The summed E-state index contributed by atoms with van der Waals surface area (Å²) in [7, 11) is 0. The Morgan fingerprint density at radius 2 is 2.17 bits per heavy atom. The van der Waals surface area contributed by atoms with Crippen LogP contribution in [0.15, 0.2) is 23.6 Å². The second-order valence-electron chi connectivity index (χ2n) is 4.21. The van der Waals surface area contributed by atoms with Crippen molar-refractivity contribution in [3.63, 3.8) is 0 Å². The fraction of sp³-hybridized carbons (Fsp3) is 0.231. The number of aromatic nitrogens is 1. The Hall–Kier alpha value is -1.72. The molecule has 1 heterocycles. The van der Waals surface area contributed by atoms with Gasteiger partial charge in [-0.05, 0) is 25.5 Å². The molecule has 1 unspecified atom stereocenters. The molecule has 0 aliphatic carbocycles. The van der Waals surface area contributed by atoms with E-state index >= 15 is 0 Å². The van der Waals surface area contributed by atoms with Gasteiger partial charge in [0.25, 0.3) is 0 Å². The standard InChI is InChI=1S/C13H14N2O2S/c1-7-3-4-8(2)9(5-7)12-15-10(6-18-12)11(14)13(16)17/h3-6,11H,14H2,1-2H3,(H,16,17). The van der Waals surface area contributed by atoms with Crippen molar-refractivity contribution in [2.24, 2.45) is 5.73 Å². The summed E-state index contributed by atoms with van der Waals surface area (Å²) < 4.78 is 0. The summed E-state index contributed by atoms with van der Waals surface area (Å²) in [5.74, 6) is -1.06. The number of aliphatic carboxylic acids is 1. The number of hydrogen-bond donors (Lipinski definition) is 2. The zero-order chi connectivity index (χ0) is 13.3. The minimum Gasteiger partial charge on any atom is -0.480 e. The van der Waals surface area contributed by atoms with Gasteiger partial charge in [-0.3, -0.25) is 4.79 Å². The lowest BCUT2D eigenvalue weighted by atomic mass is 10.1. The maximum atomic E-state index is 10.8. The number of nitrogens with zero attached hydrogens (tertiary/aromatic N) is 1. The molecule has 18 heavy (non-hydrogen) atoms. The fourth-order valence-electron chi connectivity index (χ4n) is 1.65. The van der Waals surface area contributed by atoms with E-state index in [0.717, 1.165) is 21.7 Å². The second-order valence-corrected chi connectivity index (χ2v) is 5.07. The van der Waals surface area contributed by atoms with E-state index in [1.807, 2.05) is 32.0 Å². The topological polar surface area (TPSA) is 76.2 Å². The maximum Gasteiger partial charge on any atom is 0.326 e. The van der Waals surface area contributed by atoms with E-state index in [9.17, 15) is 4.79 Å². The third kappa shape index (κ3) is 2.42. The van der Waals surface area contributed by atoms with Crippen LogP contribution >= 0.6 is 11.3 Å². The molecule has 0 saturated heterocycles. The van der Waals surface area contributed by atoms with Crippen molar-refractivity contribution in [2.45, 2.75) is 19.9 Å². The zero-order valence-corrected chi connectivity index (χ0v) is 11.0. The van der Waals surface area contributed by atoms with Gasteiger partial charge >= 0.3 is 5.97 Å². The number of rotatable bonds is 3. The van der Waals surface area contributed by atoms with Crippen LogP contribution < -0.4 is 5.73 Å². The Morgan fingerprint density at radius 1 is 1.44 bits per heavy atom. The number of carboxylic acid groups (broad SMARTS) is 1. The highest BCUT2D eigenvalue weighted by atomic mass is 32.1. The number of nitrogens with two attached hydrogens (primary N) is 1. The summed E-state index contributed by atoms with van der Waals surface area (Å²) in [5.41, 5.74) is 9.24. The third-order valence-corrected chi connectivity index (χ3v) is 3.62. The number of benzene rings is 1. The summed E-state index contributed by atoms with van der Waals surface area (Å²) in [6, 6.07) is 5.06. The highest BCUT2D eigenvalue weighted by Crippen LogP contribution is 2.29. The summed E-state index contributed by atoms with van der Waals surface area (Å²) in [5, 5.41) is 11.4. The van der Waals surface area contributed by atoms with Crippen molar-refractivity contribution in [1.82, 2.24) is 4.98 Å². The zero-order valence-electron chi connectivity index (χ0n) is 10.2. The van der Waals surface area contributed by atoms with Crippen LogP contribution in [0.25, 0.3) is 10.6 Å². The van der Waals surface area contributed by atoms with E-state index < -0.39 is 12.0 Å². The molecule has 5 heteroatoms. The number of carboxylic acids is 1. The molecule has 2 rings (SSSR count). The van der Waals surface area contributed by atoms with Crippen molar-refractivity contribution in [3.05, 3.63) is 40.4 Å². The first kappa shape index (κ1) is 12.7. The van der Waals surface area contributed by atoms with Gasteiger partial charge in [-0.1, -0.05) is 17.7 Å². The maximum absolute atomic E-state index is 10.8. The van der Waals surface area contributed by atoms with Crippen molar-refractivity contribution >= 4 is 17.3 Å². The molecule has 1 atom stereocenters. The van der Waals surface area contributed by atoms with Gasteiger partial charge in [0.15, 0.2) is 0 Å². The fourth-order valence-corrected chi connectivity index (χ4v) is 2.58. The first-order valence-corrected chi connectivity index (χ1v) is 6.38. The normalized spacial score (nSPS) is 12.4. The van der Waals surface area contributed by atoms with E-state index in [-0.39, 0.29) is 0 Å². The van der Waals surface area contributed by atoms with Gasteiger partial charge < -0.3 is 10.8 Å². The van der Waals surface area contributed by atoms with Gasteiger partial charge in [0, 0.05) is 10.9 Å². The molecular formula is C13H14N2O2S. The van der Waals surface area contributed by atoms with Crippen LogP contribution in [0.2, 0.25) is 0 Å². The molecule has 1 aromatic carbocycles. The molecule has 0 amide bonds. The second kappa shape index (κ2) is 4.88. The SMILES string of the molecule is Cc1ccc(C)c(-c2nc(C(N)C(=O)O)cs2)c1. The van der Waals surface area contributed by atoms with Crippen LogP contribution in [0.3, 0.4) is 0 Å². The van der Waals surface area contributed by atoms with E-state index in [1.54, 1.807) is 5.38 Å². The lowest BCUT2D eigenvalue weighted by Crippen LogP contribution is -2.20. The molecular weight excluding hydrogens is 248 g/mol. The van der Waals surface area contributed by atoms with E-state index in [0.29, 0.717) is 5.69 Å². The molecule has 0 fully saturated rings. The Balaban J connectivity index is 2.41. The Kier molecular flexibility index (Phi) is 3.45. The molecule has 0 aliphatic heterocycles. The molecule has 0 saturated carbocycles. The number of thiazole rings is 1. The van der Waals surface area contributed by atoms with Gasteiger partial charge in [-0.2, -0.15) is 0 Å². The van der Waals surface area contributed by atoms with Crippen LogP contribution in [0.4, 0.5) is 0 Å². The van der Waals surface area contributed by atoms with E-state index in [2.05, 4.69) is 4.98 Å². The smallest absolute Gasteiger partial charge is 0.326 e. The van der Waals surface area contributed by atoms with Crippen LogP contribution in [0, 0.1) is 13.8 Å². The molecule has 1 aromatic heterocycles. The summed E-state index contributed by atoms with van der Waals surface area (Å²) in [6.45, 7) is 4.02. The summed E-state index contributed by atoms with van der Waals surface area (Å²) in [6.07, 6.45) is 0. The van der Waals surface area contributed by atoms with Crippen LogP contribution in [-0.2, 0) is 4.79 Å². The van der Waals surface area contributed by atoms with Crippen LogP contribution in [0.5, 0.6) is 0 Å². The van der Waals surface area contributed by atoms with Crippen LogP contribution in [0.1, 0.15) is 22.9 Å². The number of hydrogen-bond acceptors (Lipinski definition) is 4. The van der Waals surface area contributed by atoms with Crippen molar-refractivity contribution in [1.29, 1.82) is 0 Å². The molecule has 0 aliphatic rings. The van der Waals surface area contributed by atoms with Gasteiger partial charge in [0.2, 0.25) is 0 Å². The van der Waals surface area contributed by atoms with Gasteiger partial charge in [-0.15, -0.1) is 11.3 Å². The lowest BCUT2D eigenvalue weighted by Gasteiger charge is -2.04. The monoisotopic (exact) mass is 262 g/mol. The first-order valence-electron chi connectivity index (χ1n) is 5.50. The predicted molar refractivity (Wildman–Crippen MR) is 71.6 cm³/mol. The molecule has 0 radical (unpaired) electrons. The molecule has 0 spiro atoms. The largest absolute Gasteiger partial charge is 0.480 e. The van der Waals surface area contributed by atoms with Crippen molar-refractivity contribution < 1.29 is 9.90 Å². The van der Waals surface area contributed by atoms with Crippen LogP contribution in [-0.4, -0.2) is 16.1 Å². The highest BCUT2D eigenvalue weighted by Gasteiger charge is 2.18. The Labute approximate surface area is 109 Å². The molecule has 0 bridgehead atoms. The average molecular weight is 262 g/mol. The predicted octanol–water partition coefficient (Wildman–Crippen LogP) is 2.51. The van der Waals surface area contributed by atoms with Gasteiger partial charge in [-0.25, -0.2) is 4.98 Å². The molecule has 2 aromatic rings. The third-order valence-electron chi connectivity index (χ3n) is 2.73. The molecule has 94 valence electrons. The minimum atomic E-state index is -1.06. The number of carbonyl (C=O) groups is 1. The molecule has 4 nitrogen and oxygen atoms in total. The highest BCUT2D eigenvalue weighted by molar-refractivity contribution is 7.13. The average Bonchev–Trinajstić information content (AvgIpc) is 2.80. The summed E-state index contributed by atoms with van der Waals surface area (Å²) in [4.78, 5) is 15.1. The van der Waals surface area contributed by atoms with Gasteiger partial charge in [0.1, 0.15) is 11.0 Å². The molecule has 3 N–H and O–H groups in total. The van der Waals surface area contributed by atoms with E-state index in [4.69, 9.17) is 10.8 Å². The number of aryl methyl sites for hydroxylation is 2. The first-order chi connectivity index (χ1) is 8.49. The lowest BCUT2D eigenvalue weighted by molar-refractivity contribution is -0.138. The van der Waals surface area contributed by atoms with Crippen molar-refractivity contribution in [2.75, 3.05) is 0 Å². The minimum absolute atomic E-state index is 0.406. The van der Waals surface area contributed by atoms with Crippen molar-refractivity contribution in [3.8, 4) is 10.6 Å². The quantitative estimate of drug-likeness (QED) is 0.891. The van der Waals surface area contributed by atoms with E-state index in [1.165, 1.54) is 11.3 Å². The summed E-state index contributed by atoms with van der Waals surface area (Å²) >= 11 is 1.42. The van der Waals surface area contributed by atoms with Gasteiger partial charge in [0.05, 0.1) is 5.69 Å². The Morgan fingerprint density at radius 3 is 2.83 bits per heavy atom.